The van der Waals surface area contributed by atoms with E-state index < -0.39 is 3.79 Å². The molecule has 70 valence electrons. The van der Waals surface area contributed by atoms with Crippen molar-refractivity contribution in [3.05, 3.63) is 5.82 Å². The van der Waals surface area contributed by atoms with Crippen LogP contribution in [-0.2, 0) is 3.79 Å². The van der Waals surface area contributed by atoms with Crippen molar-refractivity contribution in [2.45, 2.75) is 3.79 Å². The number of nitriles is 1. The van der Waals surface area contributed by atoms with Gasteiger partial charge in [-0.3, -0.25) is 0 Å². The SMILES string of the molecule is N#CCNc1nc(C(Cl)(Cl)Cl)ns1. The van der Waals surface area contributed by atoms with E-state index in [4.69, 9.17) is 40.1 Å². The zero-order chi connectivity index (χ0) is 9.90. The van der Waals surface area contributed by atoms with Crippen molar-refractivity contribution in [2.75, 3.05) is 11.9 Å². The predicted octanol–water partition coefficient (Wildman–Crippen LogP) is 2.30. The summed E-state index contributed by atoms with van der Waals surface area (Å²) >= 11 is 17.6. The van der Waals surface area contributed by atoms with Crippen LogP contribution in [0, 0.1) is 11.3 Å². The van der Waals surface area contributed by atoms with Gasteiger partial charge in [0.15, 0.2) is 5.82 Å². The van der Waals surface area contributed by atoms with Crippen molar-refractivity contribution in [1.82, 2.24) is 9.36 Å². The van der Waals surface area contributed by atoms with Crippen molar-refractivity contribution in [3.63, 3.8) is 0 Å². The fourth-order valence-electron chi connectivity index (χ4n) is 0.526. The molecule has 0 bridgehead atoms. The lowest BCUT2D eigenvalue weighted by atomic mass is 10.7. The van der Waals surface area contributed by atoms with E-state index in [0.717, 1.165) is 11.5 Å². The number of hydrogen-bond donors (Lipinski definition) is 1. The number of aromatic nitrogens is 2. The third-order valence-corrected chi connectivity index (χ3v) is 2.18. The molecule has 0 radical (unpaired) electrons. The normalized spacial score (nSPS) is 10.9. The topological polar surface area (TPSA) is 61.6 Å². The quantitative estimate of drug-likeness (QED) is 0.652. The van der Waals surface area contributed by atoms with Gasteiger partial charge in [-0.1, -0.05) is 34.8 Å². The maximum Gasteiger partial charge on any atom is 0.251 e. The van der Waals surface area contributed by atoms with Crippen LogP contribution < -0.4 is 5.32 Å². The molecule has 0 saturated heterocycles. The highest BCUT2D eigenvalue weighted by Gasteiger charge is 2.28. The molecule has 1 aromatic rings. The van der Waals surface area contributed by atoms with Gasteiger partial charge in [0.05, 0.1) is 6.07 Å². The number of rotatable bonds is 2. The molecule has 0 aliphatic rings. The van der Waals surface area contributed by atoms with Crippen molar-refractivity contribution in [2.24, 2.45) is 0 Å². The summed E-state index contributed by atoms with van der Waals surface area (Å²) in [6.07, 6.45) is 0. The molecule has 0 amide bonds. The van der Waals surface area contributed by atoms with Crippen LogP contribution in [0.3, 0.4) is 0 Å². The molecule has 0 aromatic carbocycles. The van der Waals surface area contributed by atoms with Crippen molar-refractivity contribution in [3.8, 4) is 6.07 Å². The molecule has 0 unspecified atom stereocenters. The van der Waals surface area contributed by atoms with Crippen LogP contribution in [0.4, 0.5) is 5.13 Å². The number of nitrogens with zero attached hydrogens (tertiary/aromatic N) is 3. The molecule has 1 N–H and O–H groups in total. The molecule has 1 aromatic heterocycles. The second kappa shape index (κ2) is 4.29. The lowest BCUT2D eigenvalue weighted by Gasteiger charge is -2.02. The van der Waals surface area contributed by atoms with Gasteiger partial charge in [-0.05, 0) is 0 Å². The van der Waals surface area contributed by atoms with E-state index in [0.29, 0.717) is 5.13 Å². The van der Waals surface area contributed by atoms with Gasteiger partial charge in [0.2, 0.25) is 5.13 Å². The van der Waals surface area contributed by atoms with Crippen molar-refractivity contribution >= 4 is 51.5 Å². The first-order chi connectivity index (χ1) is 6.04. The van der Waals surface area contributed by atoms with Gasteiger partial charge >= 0.3 is 0 Å². The second-order valence-corrected chi connectivity index (χ2v) is 4.97. The maximum absolute atomic E-state index is 8.26. The average molecular weight is 258 g/mol. The largest absolute Gasteiger partial charge is 0.347 e. The monoisotopic (exact) mass is 256 g/mol. The minimum absolute atomic E-state index is 0.114. The van der Waals surface area contributed by atoms with Crippen LogP contribution in [0.15, 0.2) is 0 Å². The highest BCUT2D eigenvalue weighted by molar-refractivity contribution is 7.09. The van der Waals surface area contributed by atoms with E-state index in [1.165, 1.54) is 0 Å². The summed E-state index contributed by atoms with van der Waals surface area (Å²) in [5.74, 6) is 0.114. The van der Waals surface area contributed by atoms with Crippen LogP contribution in [0.5, 0.6) is 0 Å². The third kappa shape index (κ3) is 3.16. The Morgan fingerprint density at radius 2 is 2.23 bits per heavy atom. The molecule has 8 heteroatoms. The van der Waals surface area contributed by atoms with Crippen LogP contribution in [0.25, 0.3) is 0 Å². The Kier molecular flexibility index (Phi) is 3.56. The fraction of sp³-hybridized carbons (Fsp3) is 0.400. The number of hydrogen-bond acceptors (Lipinski definition) is 5. The Morgan fingerprint density at radius 1 is 1.54 bits per heavy atom. The number of halogens is 3. The molecule has 0 aliphatic heterocycles. The first-order valence-corrected chi connectivity index (χ1v) is 4.96. The van der Waals surface area contributed by atoms with E-state index >= 15 is 0 Å². The lowest BCUT2D eigenvalue weighted by Crippen LogP contribution is -2.03. The highest BCUT2D eigenvalue weighted by atomic mass is 35.6. The first-order valence-electron chi connectivity index (χ1n) is 3.06. The van der Waals surface area contributed by atoms with E-state index in [2.05, 4.69) is 14.7 Å². The minimum atomic E-state index is -1.61. The van der Waals surface area contributed by atoms with Gasteiger partial charge in [-0.25, -0.2) is 0 Å². The standard InChI is InChI=1S/C5H3Cl3N4S/c6-5(7,8)3-11-4(13-12-3)10-2-1-9/h2H2,(H,10,11,12). The molecule has 1 heterocycles. The van der Waals surface area contributed by atoms with Crippen LogP contribution in [0.1, 0.15) is 5.82 Å². The third-order valence-electron chi connectivity index (χ3n) is 0.998. The zero-order valence-electron chi connectivity index (χ0n) is 6.09. The smallest absolute Gasteiger partial charge is 0.251 e. The maximum atomic E-state index is 8.26. The summed E-state index contributed by atoms with van der Waals surface area (Å²) < 4.78 is 2.20. The summed E-state index contributed by atoms with van der Waals surface area (Å²) in [5.41, 5.74) is 0. The van der Waals surface area contributed by atoms with E-state index in [9.17, 15) is 0 Å². The Balaban J connectivity index is 2.71. The fourth-order valence-corrected chi connectivity index (χ4v) is 1.54. The summed E-state index contributed by atoms with van der Waals surface area (Å²) in [7, 11) is 0. The Morgan fingerprint density at radius 3 is 2.69 bits per heavy atom. The number of nitrogens with one attached hydrogen (secondary N) is 1. The molecule has 13 heavy (non-hydrogen) atoms. The zero-order valence-corrected chi connectivity index (χ0v) is 9.18. The Bertz CT molecular complexity index is 325. The van der Waals surface area contributed by atoms with Crippen LogP contribution in [0.2, 0.25) is 0 Å². The first kappa shape index (κ1) is 10.8. The van der Waals surface area contributed by atoms with E-state index in [-0.39, 0.29) is 12.4 Å². The molecular weight excluding hydrogens is 255 g/mol. The Hall–Kier alpha value is -0.280. The van der Waals surface area contributed by atoms with Gasteiger partial charge in [0, 0.05) is 11.5 Å². The van der Waals surface area contributed by atoms with Gasteiger partial charge in [-0.15, -0.1) is 0 Å². The van der Waals surface area contributed by atoms with Crippen molar-refractivity contribution in [1.29, 1.82) is 5.26 Å². The van der Waals surface area contributed by atoms with Gasteiger partial charge in [-0.2, -0.15) is 14.6 Å². The molecule has 0 fully saturated rings. The van der Waals surface area contributed by atoms with Crippen LogP contribution in [-0.4, -0.2) is 15.9 Å². The molecule has 0 aliphatic carbocycles. The Labute approximate surface area is 93.6 Å². The summed E-state index contributed by atoms with van der Waals surface area (Å²) in [6.45, 7) is 0.147. The second-order valence-electron chi connectivity index (χ2n) is 1.93. The van der Waals surface area contributed by atoms with E-state index in [1.54, 1.807) is 0 Å². The highest BCUT2D eigenvalue weighted by Crippen LogP contribution is 2.37. The molecule has 0 spiro atoms. The predicted molar refractivity (Wildman–Crippen MR) is 53.2 cm³/mol. The molecular formula is C5H3Cl3N4S. The van der Waals surface area contributed by atoms with Gasteiger partial charge < -0.3 is 5.32 Å². The molecule has 0 saturated carbocycles. The van der Waals surface area contributed by atoms with Gasteiger partial charge in [0.1, 0.15) is 6.54 Å². The summed E-state index contributed by atoms with van der Waals surface area (Å²) in [6, 6.07) is 1.89. The molecule has 4 nitrogen and oxygen atoms in total. The summed E-state index contributed by atoms with van der Waals surface area (Å²) in [5, 5.41) is 11.4. The number of alkyl halides is 3. The van der Waals surface area contributed by atoms with E-state index in [1.807, 2.05) is 6.07 Å². The number of anilines is 1. The lowest BCUT2D eigenvalue weighted by molar-refractivity contribution is 1.04. The van der Waals surface area contributed by atoms with Crippen LogP contribution >= 0.6 is 46.3 Å². The molecule has 1 rings (SSSR count). The molecule has 0 atom stereocenters. The van der Waals surface area contributed by atoms with Gasteiger partial charge in [0.25, 0.3) is 3.79 Å². The average Bonchev–Trinajstić information content (AvgIpc) is 2.47. The minimum Gasteiger partial charge on any atom is -0.347 e. The van der Waals surface area contributed by atoms with Crippen molar-refractivity contribution < 1.29 is 0 Å². The summed E-state index contributed by atoms with van der Waals surface area (Å²) in [4.78, 5) is 3.87.